The van der Waals surface area contributed by atoms with Gasteiger partial charge in [-0.1, -0.05) is 24.3 Å². The smallest absolute Gasteiger partial charge is 0.315 e. The molecule has 0 atom stereocenters. The number of carbonyl (C=O) groups is 2. The molecule has 3 N–H and O–H groups in total. The molecule has 172 valence electrons. The number of piperazine rings is 1. The van der Waals surface area contributed by atoms with Crippen LogP contribution < -0.4 is 20.9 Å². The Balaban J connectivity index is 1.22. The number of anilines is 1. The molecule has 1 heterocycles. The third kappa shape index (κ3) is 7.85. The highest BCUT2D eigenvalue weighted by molar-refractivity contribution is 5.83. The molecule has 0 spiro atoms. The number of nitrogens with zero attached hydrogens (tertiary/aromatic N) is 2. The molecule has 3 rings (SSSR count). The Morgan fingerprint density at radius 3 is 2.44 bits per heavy atom. The normalized spacial score (nSPS) is 14.1. The summed E-state index contributed by atoms with van der Waals surface area (Å²) in [5.74, 6) is -0.536. The van der Waals surface area contributed by atoms with Gasteiger partial charge in [-0.3, -0.25) is 9.69 Å². The molecule has 8 heteroatoms. The molecule has 0 saturated carbocycles. The molecule has 0 aromatic heterocycles. The fraction of sp³-hybridized carbons (Fsp3) is 0.417. The van der Waals surface area contributed by atoms with Crippen LogP contribution >= 0.6 is 0 Å². The van der Waals surface area contributed by atoms with Crippen molar-refractivity contribution in [2.24, 2.45) is 0 Å². The molecule has 1 fully saturated rings. The van der Waals surface area contributed by atoms with Crippen molar-refractivity contribution in [2.75, 3.05) is 50.7 Å². The van der Waals surface area contributed by atoms with E-state index in [4.69, 9.17) is 0 Å². The van der Waals surface area contributed by atoms with Crippen molar-refractivity contribution in [3.63, 3.8) is 0 Å². The Kier molecular flexibility index (Phi) is 8.86. The number of halogens is 1. The molecule has 3 amide bonds. The van der Waals surface area contributed by atoms with Gasteiger partial charge in [-0.25, -0.2) is 9.18 Å². The van der Waals surface area contributed by atoms with Gasteiger partial charge < -0.3 is 20.9 Å². The molecule has 0 unspecified atom stereocenters. The summed E-state index contributed by atoms with van der Waals surface area (Å²) in [6, 6.07) is 14.1. The molecule has 0 bridgehead atoms. The molecule has 2 aromatic rings. The summed E-state index contributed by atoms with van der Waals surface area (Å²) in [7, 11) is 0. The van der Waals surface area contributed by atoms with Crippen molar-refractivity contribution >= 4 is 17.6 Å². The Hall–Kier alpha value is -3.13. The molecule has 2 aromatic carbocycles. The van der Waals surface area contributed by atoms with Crippen molar-refractivity contribution in [1.82, 2.24) is 20.9 Å². The van der Waals surface area contributed by atoms with Gasteiger partial charge in [-0.2, -0.15) is 0 Å². The number of urea groups is 1. The second-order valence-electron chi connectivity index (χ2n) is 8.03. The lowest BCUT2D eigenvalue weighted by atomic mass is 10.2. The maximum atomic E-state index is 12.9. The van der Waals surface area contributed by atoms with E-state index in [1.165, 1.54) is 23.4 Å². The van der Waals surface area contributed by atoms with Crippen LogP contribution in [0.3, 0.4) is 0 Å². The summed E-state index contributed by atoms with van der Waals surface area (Å²) in [6.07, 6.45) is 0.868. The molecule has 1 aliphatic heterocycles. The summed E-state index contributed by atoms with van der Waals surface area (Å²) in [6.45, 7) is 7.86. The standard InChI is InChI=1S/C24H32FN5O2/c1-19-4-2-5-22(16-19)30-14-12-29(13-15-30)11-3-10-26-23(31)18-28-24(32)27-17-20-6-8-21(25)9-7-20/h2,4-9,16H,3,10-15,17-18H2,1H3,(H,26,31)(H2,27,28,32). The van der Waals surface area contributed by atoms with Crippen LogP contribution in [0.2, 0.25) is 0 Å². The first-order chi connectivity index (χ1) is 15.5. The predicted molar refractivity (Wildman–Crippen MR) is 124 cm³/mol. The number of amides is 3. The summed E-state index contributed by atoms with van der Waals surface area (Å²) in [4.78, 5) is 28.5. The lowest BCUT2D eigenvalue weighted by molar-refractivity contribution is -0.120. The maximum Gasteiger partial charge on any atom is 0.315 e. The molecule has 1 saturated heterocycles. The van der Waals surface area contributed by atoms with E-state index in [1.807, 2.05) is 0 Å². The zero-order chi connectivity index (χ0) is 22.8. The van der Waals surface area contributed by atoms with Crippen molar-refractivity contribution in [2.45, 2.75) is 19.9 Å². The number of benzene rings is 2. The zero-order valence-electron chi connectivity index (χ0n) is 18.6. The van der Waals surface area contributed by atoms with E-state index in [0.29, 0.717) is 6.54 Å². The topological polar surface area (TPSA) is 76.7 Å². The first kappa shape index (κ1) is 23.5. The van der Waals surface area contributed by atoms with Gasteiger partial charge in [0.15, 0.2) is 0 Å². The summed E-state index contributed by atoms with van der Waals surface area (Å²) < 4.78 is 12.9. The molecule has 1 aliphatic rings. The van der Waals surface area contributed by atoms with Gasteiger partial charge in [-0.05, 0) is 55.3 Å². The Morgan fingerprint density at radius 2 is 1.72 bits per heavy atom. The third-order valence-corrected chi connectivity index (χ3v) is 5.49. The third-order valence-electron chi connectivity index (χ3n) is 5.49. The predicted octanol–water partition coefficient (Wildman–Crippen LogP) is 2.26. The van der Waals surface area contributed by atoms with E-state index in [2.05, 4.69) is 56.9 Å². The molecular formula is C24H32FN5O2. The van der Waals surface area contributed by atoms with Gasteiger partial charge in [-0.15, -0.1) is 0 Å². The molecule has 0 radical (unpaired) electrons. The molecular weight excluding hydrogens is 409 g/mol. The van der Waals surface area contributed by atoms with Crippen molar-refractivity contribution in [3.05, 3.63) is 65.5 Å². The van der Waals surface area contributed by atoms with Crippen LogP contribution in [-0.2, 0) is 11.3 Å². The second-order valence-corrected chi connectivity index (χ2v) is 8.03. The van der Waals surface area contributed by atoms with Gasteiger partial charge >= 0.3 is 6.03 Å². The fourth-order valence-electron chi connectivity index (χ4n) is 3.65. The second kappa shape index (κ2) is 12.0. The Bertz CT molecular complexity index is 882. The number of carbonyl (C=O) groups excluding carboxylic acids is 2. The van der Waals surface area contributed by atoms with Crippen LogP contribution in [0.15, 0.2) is 48.5 Å². The van der Waals surface area contributed by atoms with E-state index in [1.54, 1.807) is 12.1 Å². The number of rotatable bonds is 9. The number of hydrogen-bond acceptors (Lipinski definition) is 4. The fourth-order valence-corrected chi connectivity index (χ4v) is 3.65. The van der Waals surface area contributed by atoms with Gasteiger partial charge in [0.05, 0.1) is 6.54 Å². The van der Waals surface area contributed by atoms with Gasteiger partial charge in [0, 0.05) is 45.0 Å². The highest BCUT2D eigenvalue weighted by atomic mass is 19.1. The van der Waals surface area contributed by atoms with Gasteiger partial charge in [0.1, 0.15) is 5.82 Å². The van der Waals surface area contributed by atoms with E-state index in [-0.39, 0.29) is 24.8 Å². The van der Waals surface area contributed by atoms with Crippen molar-refractivity contribution in [3.8, 4) is 0 Å². The van der Waals surface area contributed by atoms with E-state index < -0.39 is 6.03 Å². The monoisotopic (exact) mass is 441 g/mol. The largest absolute Gasteiger partial charge is 0.369 e. The van der Waals surface area contributed by atoms with Crippen molar-refractivity contribution < 1.29 is 14.0 Å². The zero-order valence-corrected chi connectivity index (χ0v) is 18.6. The first-order valence-corrected chi connectivity index (χ1v) is 11.1. The molecule has 7 nitrogen and oxygen atoms in total. The van der Waals surface area contributed by atoms with Crippen LogP contribution in [0.1, 0.15) is 17.5 Å². The average molecular weight is 442 g/mol. The Labute approximate surface area is 189 Å². The lowest BCUT2D eigenvalue weighted by Gasteiger charge is -2.36. The van der Waals surface area contributed by atoms with Crippen LogP contribution in [0, 0.1) is 12.7 Å². The SMILES string of the molecule is Cc1cccc(N2CCN(CCCNC(=O)CNC(=O)NCc3ccc(F)cc3)CC2)c1. The minimum Gasteiger partial charge on any atom is -0.369 e. The van der Waals surface area contributed by atoms with E-state index in [9.17, 15) is 14.0 Å². The minimum atomic E-state index is -0.434. The lowest BCUT2D eigenvalue weighted by Crippen LogP contribution is -2.47. The first-order valence-electron chi connectivity index (χ1n) is 11.1. The molecule has 32 heavy (non-hydrogen) atoms. The van der Waals surface area contributed by atoms with Crippen molar-refractivity contribution in [1.29, 1.82) is 0 Å². The quantitative estimate of drug-likeness (QED) is 0.522. The summed E-state index contributed by atoms with van der Waals surface area (Å²) >= 11 is 0. The highest BCUT2D eigenvalue weighted by Crippen LogP contribution is 2.17. The number of aryl methyl sites for hydroxylation is 1. The van der Waals surface area contributed by atoms with E-state index >= 15 is 0 Å². The van der Waals surface area contributed by atoms with Crippen LogP contribution in [-0.4, -0.2) is 62.7 Å². The molecule has 0 aliphatic carbocycles. The minimum absolute atomic E-state index is 0.0790. The number of hydrogen-bond donors (Lipinski definition) is 3. The highest BCUT2D eigenvalue weighted by Gasteiger charge is 2.16. The van der Waals surface area contributed by atoms with Crippen LogP contribution in [0.4, 0.5) is 14.9 Å². The summed E-state index contributed by atoms with van der Waals surface area (Å²) in [5.41, 5.74) is 3.34. The van der Waals surface area contributed by atoms with Gasteiger partial charge in [0.25, 0.3) is 0 Å². The number of nitrogens with one attached hydrogen (secondary N) is 3. The van der Waals surface area contributed by atoms with Gasteiger partial charge in [0.2, 0.25) is 5.91 Å². The average Bonchev–Trinajstić information content (AvgIpc) is 2.80. The van der Waals surface area contributed by atoms with E-state index in [0.717, 1.165) is 44.7 Å². The van der Waals surface area contributed by atoms with Crippen LogP contribution in [0.5, 0.6) is 0 Å². The van der Waals surface area contributed by atoms with Crippen LogP contribution in [0.25, 0.3) is 0 Å². The maximum absolute atomic E-state index is 12.9. The Morgan fingerprint density at radius 1 is 0.969 bits per heavy atom. The summed E-state index contributed by atoms with van der Waals surface area (Å²) in [5, 5.41) is 8.00.